The Bertz CT molecular complexity index is 1470. The molecule has 174 valence electrons. The second kappa shape index (κ2) is 9.36. The van der Waals surface area contributed by atoms with E-state index in [1.54, 1.807) is 24.4 Å². The topological polar surface area (TPSA) is 98.1 Å². The number of benzene rings is 3. The molecule has 4 aromatic rings. The molecule has 0 aliphatic carbocycles. The zero-order valence-corrected chi connectivity index (χ0v) is 18.9. The summed E-state index contributed by atoms with van der Waals surface area (Å²) >= 11 is 5.74. The van der Waals surface area contributed by atoms with Gasteiger partial charge in [-0.2, -0.15) is 0 Å². The van der Waals surface area contributed by atoms with E-state index in [9.17, 15) is 14.0 Å². The van der Waals surface area contributed by atoms with E-state index in [1.165, 1.54) is 12.1 Å². The molecule has 0 bridgehead atoms. The lowest BCUT2D eigenvalue weighted by molar-refractivity contribution is -0.110. The number of hydrogen-bond donors (Lipinski definition) is 5. The lowest BCUT2D eigenvalue weighted by Gasteiger charge is -2.12. The predicted octanol–water partition coefficient (Wildman–Crippen LogP) is 6.69. The van der Waals surface area contributed by atoms with Crippen LogP contribution in [-0.4, -0.2) is 16.9 Å². The van der Waals surface area contributed by atoms with E-state index in [1.807, 2.05) is 42.5 Å². The van der Waals surface area contributed by atoms with Gasteiger partial charge in [-0.25, -0.2) is 9.18 Å². The van der Waals surface area contributed by atoms with Crippen molar-refractivity contribution in [3.8, 4) is 0 Å². The maximum Gasteiger partial charge on any atom is 0.323 e. The number of rotatable bonds is 5. The van der Waals surface area contributed by atoms with Crippen molar-refractivity contribution < 1.29 is 14.0 Å². The van der Waals surface area contributed by atoms with Crippen LogP contribution < -0.4 is 21.3 Å². The van der Waals surface area contributed by atoms with Crippen LogP contribution in [0.3, 0.4) is 0 Å². The van der Waals surface area contributed by atoms with Crippen molar-refractivity contribution in [3.63, 3.8) is 0 Å². The number of nitrogens with one attached hydrogen (secondary N) is 5. The Morgan fingerprint density at radius 1 is 0.914 bits per heavy atom. The summed E-state index contributed by atoms with van der Waals surface area (Å²) in [5, 5.41) is 11.5. The van der Waals surface area contributed by atoms with Crippen LogP contribution in [0.2, 0.25) is 5.02 Å². The van der Waals surface area contributed by atoms with Gasteiger partial charge in [0.05, 0.1) is 16.9 Å². The maximum atomic E-state index is 13.9. The van der Waals surface area contributed by atoms with Crippen LogP contribution in [0.25, 0.3) is 11.6 Å². The average Bonchev–Trinajstić information content (AvgIpc) is 3.44. The third-order valence-electron chi connectivity index (χ3n) is 5.31. The first-order chi connectivity index (χ1) is 16.9. The summed E-state index contributed by atoms with van der Waals surface area (Å²) in [5.74, 6) is -0.793. The second-order valence-corrected chi connectivity index (χ2v) is 8.24. The quantitative estimate of drug-likeness (QED) is 0.203. The fourth-order valence-corrected chi connectivity index (χ4v) is 3.88. The number of H-pyrrole nitrogens is 1. The Hall–Kier alpha value is -4.56. The molecule has 1 aliphatic rings. The van der Waals surface area contributed by atoms with Gasteiger partial charge >= 0.3 is 6.03 Å². The highest BCUT2D eigenvalue weighted by molar-refractivity contribution is 6.35. The molecule has 9 heteroatoms. The summed E-state index contributed by atoms with van der Waals surface area (Å²) < 4.78 is 13.9. The van der Waals surface area contributed by atoms with Gasteiger partial charge in [-0.15, -0.1) is 0 Å². The number of amides is 3. The zero-order valence-electron chi connectivity index (χ0n) is 18.2. The fraction of sp³-hybridized carbons (Fsp3) is 0. The molecule has 2 heterocycles. The minimum absolute atomic E-state index is 0.0195. The van der Waals surface area contributed by atoms with E-state index in [4.69, 9.17) is 11.6 Å². The Morgan fingerprint density at radius 3 is 2.54 bits per heavy atom. The summed E-state index contributed by atoms with van der Waals surface area (Å²) in [6.07, 6.45) is 3.61. The summed E-state index contributed by atoms with van der Waals surface area (Å²) in [5.41, 5.74) is 4.95. The molecule has 0 fully saturated rings. The van der Waals surface area contributed by atoms with Crippen LogP contribution in [0.5, 0.6) is 0 Å². The van der Waals surface area contributed by atoms with E-state index in [2.05, 4.69) is 26.3 Å². The van der Waals surface area contributed by atoms with Crippen LogP contribution in [-0.2, 0) is 4.79 Å². The number of urea groups is 1. The lowest BCUT2D eigenvalue weighted by atomic mass is 10.1. The van der Waals surface area contributed by atoms with Gasteiger partial charge in [0.2, 0.25) is 0 Å². The fourth-order valence-electron chi connectivity index (χ4n) is 3.72. The standard InChI is InChI=1S/C26H19ClFN5O2/c27-15-6-9-23(22(28)11-15)33-26(35)31-18-4-1-3-17(12-18)30-19-7-8-20-21(13-16-5-2-10-29-16)25(34)32-24(20)14-19/h1-14,29-30H,(H,32,34)(H2,31,33,35)/b21-13+. The van der Waals surface area contributed by atoms with Gasteiger partial charge in [-0.3, -0.25) is 4.79 Å². The molecule has 0 atom stereocenters. The normalized spacial score (nSPS) is 13.3. The highest BCUT2D eigenvalue weighted by atomic mass is 35.5. The Kier molecular flexibility index (Phi) is 5.95. The first-order valence-electron chi connectivity index (χ1n) is 10.7. The third-order valence-corrected chi connectivity index (χ3v) is 5.55. The van der Waals surface area contributed by atoms with Crippen molar-refractivity contribution in [1.82, 2.24) is 4.98 Å². The Balaban J connectivity index is 1.28. The predicted molar refractivity (Wildman–Crippen MR) is 138 cm³/mol. The van der Waals surface area contributed by atoms with Gasteiger partial charge in [-0.05, 0) is 66.7 Å². The molecule has 0 spiro atoms. The monoisotopic (exact) mass is 487 g/mol. The third kappa shape index (κ3) is 5.02. The smallest absolute Gasteiger partial charge is 0.323 e. The number of fused-ring (bicyclic) bond motifs is 1. The first kappa shape index (κ1) is 22.2. The summed E-state index contributed by atoms with van der Waals surface area (Å²) in [6, 6.07) is 19.8. The molecular weight excluding hydrogens is 469 g/mol. The minimum Gasteiger partial charge on any atom is -0.362 e. The van der Waals surface area contributed by atoms with Crippen LogP contribution in [0.1, 0.15) is 11.3 Å². The van der Waals surface area contributed by atoms with E-state index < -0.39 is 11.8 Å². The first-order valence-corrected chi connectivity index (χ1v) is 11.0. The molecule has 35 heavy (non-hydrogen) atoms. The summed E-state index contributed by atoms with van der Waals surface area (Å²) in [6.45, 7) is 0. The van der Waals surface area contributed by atoms with E-state index in [-0.39, 0.29) is 16.6 Å². The number of carbonyl (C=O) groups is 2. The molecule has 0 saturated heterocycles. The number of hydrogen-bond acceptors (Lipinski definition) is 3. The number of aromatic nitrogens is 1. The van der Waals surface area contributed by atoms with Gasteiger partial charge in [0.1, 0.15) is 5.82 Å². The summed E-state index contributed by atoms with van der Waals surface area (Å²) in [7, 11) is 0. The van der Waals surface area contributed by atoms with Crippen LogP contribution >= 0.6 is 11.6 Å². The largest absolute Gasteiger partial charge is 0.362 e. The number of aromatic amines is 1. The average molecular weight is 488 g/mol. The van der Waals surface area contributed by atoms with Gasteiger partial charge in [-0.1, -0.05) is 23.7 Å². The van der Waals surface area contributed by atoms with Gasteiger partial charge < -0.3 is 26.3 Å². The van der Waals surface area contributed by atoms with E-state index >= 15 is 0 Å². The number of anilines is 5. The van der Waals surface area contributed by atoms with Crippen molar-refractivity contribution in [1.29, 1.82) is 0 Å². The lowest BCUT2D eigenvalue weighted by Crippen LogP contribution is -2.20. The number of carbonyl (C=O) groups excluding carboxylic acids is 2. The highest BCUT2D eigenvalue weighted by Crippen LogP contribution is 2.35. The SMILES string of the molecule is O=C(Nc1cccc(Nc2ccc3c(c2)NC(=O)/C3=C/c2ccc[nH]2)c1)Nc1ccc(Cl)cc1F. The molecule has 0 radical (unpaired) electrons. The molecule has 5 N–H and O–H groups in total. The van der Waals surface area contributed by atoms with E-state index in [0.29, 0.717) is 22.6 Å². The zero-order chi connectivity index (χ0) is 24.4. The van der Waals surface area contributed by atoms with Crippen molar-refractivity contribution in [2.24, 2.45) is 0 Å². The summed E-state index contributed by atoms with van der Waals surface area (Å²) in [4.78, 5) is 27.8. The minimum atomic E-state index is -0.627. The van der Waals surface area contributed by atoms with Crippen LogP contribution in [0, 0.1) is 5.82 Å². The second-order valence-electron chi connectivity index (χ2n) is 7.81. The maximum absolute atomic E-state index is 13.9. The number of halogens is 2. The molecule has 1 aliphatic heterocycles. The van der Waals surface area contributed by atoms with Crippen molar-refractivity contribution in [3.05, 3.63) is 101 Å². The molecule has 5 rings (SSSR count). The molecule has 0 saturated carbocycles. The molecular formula is C26H19ClFN5O2. The molecule has 0 unspecified atom stereocenters. The van der Waals surface area contributed by atoms with Gasteiger partial charge in [0, 0.05) is 39.5 Å². The van der Waals surface area contributed by atoms with Gasteiger partial charge in [0.15, 0.2) is 0 Å². The molecule has 3 amide bonds. The highest BCUT2D eigenvalue weighted by Gasteiger charge is 2.24. The Morgan fingerprint density at radius 2 is 1.74 bits per heavy atom. The van der Waals surface area contributed by atoms with Crippen LogP contribution in [0.15, 0.2) is 79.0 Å². The molecule has 1 aromatic heterocycles. The van der Waals surface area contributed by atoms with E-state index in [0.717, 1.165) is 23.0 Å². The molecule has 7 nitrogen and oxygen atoms in total. The van der Waals surface area contributed by atoms with Crippen LogP contribution in [0.4, 0.5) is 37.6 Å². The molecule has 3 aromatic carbocycles. The Labute approximate surface area is 205 Å². The van der Waals surface area contributed by atoms with Crippen molar-refractivity contribution in [2.75, 3.05) is 21.3 Å². The van der Waals surface area contributed by atoms with Crippen molar-refractivity contribution >= 4 is 63.6 Å². The van der Waals surface area contributed by atoms with Gasteiger partial charge in [0.25, 0.3) is 5.91 Å². The van der Waals surface area contributed by atoms with Crippen molar-refractivity contribution in [2.45, 2.75) is 0 Å².